The number of likely N-dealkylation sites (tertiary alicyclic amines) is 1. The minimum Gasteiger partial charge on any atom is -0.390 e. The van der Waals surface area contributed by atoms with Crippen LogP contribution < -0.4 is 5.32 Å². The first-order valence-electron chi connectivity index (χ1n) is 8.78. The van der Waals surface area contributed by atoms with Gasteiger partial charge in [0.25, 0.3) is 0 Å². The molecule has 23 heavy (non-hydrogen) atoms. The van der Waals surface area contributed by atoms with Gasteiger partial charge in [-0.3, -0.25) is 4.90 Å². The first-order chi connectivity index (χ1) is 10.9. The molecule has 130 valence electrons. The number of aliphatic hydroxyl groups is 2. The van der Waals surface area contributed by atoms with Crippen molar-refractivity contribution < 1.29 is 10.2 Å². The van der Waals surface area contributed by atoms with E-state index in [1.807, 2.05) is 19.9 Å². The molecule has 0 aromatic heterocycles. The zero-order chi connectivity index (χ0) is 16.8. The number of piperidine rings is 2. The summed E-state index contributed by atoms with van der Waals surface area (Å²) < 4.78 is 0. The van der Waals surface area contributed by atoms with E-state index >= 15 is 0 Å². The zero-order valence-corrected chi connectivity index (χ0v) is 14.6. The van der Waals surface area contributed by atoms with Crippen molar-refractivity contribution in [2.75, 3.05) is 26.2 Å². The van der Waals surface area contributed by atoms with Crippen molar-refractivity contribution in [3.05, 3.63) is 35.9 Å². The smallest absolute Gasteiger partial charge is 0.0644 e. The Morgan fingerprint density at radius 3 is 1.91 bits per heavy atom. The Morgan fingerprint density at radius 2 is 1.43 bits per heavy atom. The van der Waals surface area contributed by atoms with Crippen molar-refractivity contribution in [3.8, 4) is 0 Å². The van der Waals surface area contributed by atoms with Gasteiger partial charge in [-0.1, -0.05) is 30.3 Å². The van der Waals surface area contributed by atoms with Gasteiger partial charge in [-0.2, -0.15) is 0 Å². The van der Waals surface area contributed by atoms with Gasteiger partial charge in [-0.25, -0.2) is 0 Å². The molecule has 2 fully saturated rings. The van der Waals surface area contributed by atoms with E-state index in [0.717, 1.165) is 58.4 Å². The lowest BCUT2D eigenvalue weighted by Crippen LogP contribution is -2.41. The molecular weight excluding hydrogens is 288 g/mol. The average molecular weight is 320 g/mol. The van der Waals surface area contributed by atoms with Gasteiger partial charge in [0.15, 0.2) is 0 Å². The normalized spacial score (nSPS) is 23.7. The van der Waals surface area contributed by atoms with Crippen molar-refractivity contribution in [2.45, 2.75) is 57.3 Å². The second-order valence-corrected chi connectivity index (χ2v) is 7.51. The van der Waals surface area contributed by atoms with Gasteiger partial charge in [0, 0.05) is 19.6 Å². The van der Waals surface area contributed by atoms with E-state index in [-0.39, 0.29) is 5.60 Å². The Bertz CT molecular complexity index is 442. The van der Waals surface area contributed by atoms with Gasteiger partial charge in [0.05, 0.1) is 11.2 Å². The highest BCUT2D eigenvalue weighted by Gasteiger charge is 2.27. The topological polar surface area (TPSA) is 55.7 Å². The van der Waals surface area contributed by atoms with E-state index in [1.165, 1.54) is 5.56 Å². The summed E-state index contributed by atoms with van der Waals surface area (Å²) in [5.74, 6) is 0. The van der Waals surface area contributed by atoms with Gasteiger partial charge in [-0.15, -0.1) is 0 Å². The third-order valence-corrected chi connectivity index (χ3v) is 4.86. The van der Waals surface area contributed by atoms with Crippen LogP contribution in [0.5, 0.6) is 0 Å². The molecule has 0 spiro atoms. The summed E-state index contributed by atoms with van der Waals surface area (Å²) in [6, 6.07) is 10.5. The largest absolute Gasteiger partial charge is 0.390 e. The molecule has 2 saturated heterocycles. The molecule has 2 aliphatic heterocycles. The summed E-state index contributed by atoms with van der Waals surface area (Å²) in [7, 11) is 0. The molecule has 4 heteroatoms. The molecule has 4 nitrogen and oxygen atoms in total. The molecule has 0 saturated carbocycles. The third kappa shape index (κ3) is 7.00. The maximum absolute atomic E-state index is 9.83. The molecule has 0 aliphatic carbocycles. The molecule has 2 aliphatic rings. The van der Waals surface area contributed by atoms with Crippen LogP contribution in [-0.4, -0.2) is 52.5 Å². The van der Waals surface area contributed by atoms with Crippen LogP contribution in [0.4, 0.5) is 0 Å². The van der Waals surface area contributed by atoms with Crippen LogP contribution in [0.2, 0.25) is 0 Å². The highest BCUT2D eigenvalue weighted by molar-refractivity contribution is 5.14. The third-order valence-electron chi connectivity index (χ3n) is 4.86. The van der Waals surface area contributed by atoms with Crippen LogP contribution in [0.3, 0.4) is 0 Å². The van der Waals surface area contributed by atoms with Gasteiger partial charge in [0.2, 0.25) is 0 Å². The number of benzene rings is 1. The maximum atomic E-state index is 9.83. The van der Waals surface area contributed by atoms with E-state index < -0.39 is 5.60 Å². The van der Waals surface area contributed by atoms with E-state index in [0.29, 0.717) is 0 Å². The number of rotatable bonds is 2. The Morgan fingerprint density at radius 1 is 0.913 bits per heavy atom. The molecule has 0 unspecified atom stereocenters. The zero-order valence-electron chi connectivity index (χ0n) is 14.6. The van der Waals surface area contributed by atoms with E-state index in [1.54, 1.807) is 0 Å². The number of hydrogen-bond acceptors (Lipinski definition) is 4. The minimum absolute atomic E-state index is 0.384. The summed E-state index contributed by atoms with van der Waals surface area (Å²) in [5.41, 5.74) is 0.539. The molecular formula is C19H32N2O2. The fourth-order valence-electron chi connectivity index (χ4n) is 3.00. The Hall–Kier alpha value is -0.940. The highest BCUT2D eigenvalue weighted by atomic mass is 16.3. The van der Waals surface area contributed by atoms with E-state index in [4.69, 9.17) is 0 Å². The van der Waals surface area contributed by atoms with Crippen molar-refractivity contribution in [1.29, 1.82) is 0 Å². The van der Waals surface area contributed by atoms with Crippen LogP contribution in [0.15, 0.2) is 30.3 Å². The minimum atomic E-state index is -0.437. The lowest BCUT2D eigenvalue weighted by Gasteiger charge is -2.35. The molecule has 3 rings (SSSR count). The first kappa shape index (κ1) is 18.4. The molecule has 0 amide bonds. The van der Waals surface area contributed by atoms with Gasteiger partial charge in [-0.05, 0) is 58.2 Å². The number of nitrogens with one attached hydrogen (secondary N) is 1. The lowest BCUT2D eigenvalue weighted by atomic mass is 9.93. The van der Waals surface area contributed by atoms with Gasteiger partial charge < -0.3 is 15.5 Å². The molecule has 0 radical (unpaired) electrons. The summed E-state index contributed by atoms with van der Waals surface area (Å²) in [6.07, 6.45) is 3.57. The Kier molecular flexibility index (Phi) is 6.60. The first-order valence-corrected chi connectivity index (χ1v) is 8.78. The average Bonchev–Trinajstić information content (AvgIpc) is 2.51. The summed E-state index contributed by atoms with van der Waals surface area (Å²) in [4.78, 5) is 2.41. The lowest BCUT2D eigenvalue weighted by molar-refractivity contribution is -0.00730. The van der Waals surface area contributed by atoms with Crippen LogP contribution in [0.25, 0.3) is 0 Å². The van der Waals surface area contributed by atoms with E-state index in [2.05, 4.69) is 34.5 Å². The highest BCUT2D eigenvalue weighted by Crippen LogP contribution is 2.22. The van der Waals surface area contributed by atoms with Crippen molar-refractivity contribution in [3.63, 3.8) is 0 Å². The van der Waals surface area contributed by atoms with Crippen LogP contribution >= 0.6 is 0 Å². The summed E-state index contributed by atoms with van der Waals surface area (Å²) in [6.45, 7) is 8.78. The molecule has 3 N–H and O–H groups in total. The van der Waals surface area contributed by atoms with Gasteiger partial charge in [0.1, 0.15) is 0 Å². The Balaban J connectivity index is 0.000000203. The quantitative estimate of drug-likeness (QED) is 0.781. The predicted octanol–water partition coefficient (Wildman–Crippen LogP) is 2.15. The van der Waals surface area contributed by atoms with Crippen LogP contribution in [0.1, 0.15) is 45.1 Å². The molecule has 2 heterocycles. The second-order valence-electron chi connectivity index (χ2n) is 7.51. The van der Waals surface area contributed by atoms with Crippen LogP contribution in [-0.2, 0) is 6.54 Å². The van der Waals surface area contributed by atoms with Crippen molar-refractivity contribution >= 4 is 0 Å². The van der Waals surface area contributed by atoms with E-state index in [9.17, 15) is 10.2 Å². The molecule has 0 bridgehead atoms. The molecule has 1 aromatic carbocycles. The van der Waals surface area contributed by atoms with Crippen LogP contribution in [0, 0.1) is 0 Å². The van der Waals surface area contributed by atoms with Crippen molar-refractivity contribution in [1.82, 2.24) is 10.2 Å². The second kappa shape index (κ2) is 8.25. The standard InChI is InChI=1S/C13H19NO.C6H13NO/c1-13(15)7-9-14(10-8-13)11-12-5-3-2-4-6-12;1-6(8)2-4-7-5-3-6/h2-6,15H,7-11H2,1H3;7-8H,2-5H2,1H3. The fourth-order valence-corrected chi connectivity index (χ4v) is 3.00. The molecule has 1 aromatic rings. The number of nitrogens with zero attached hydrogens (tertiary/aromatic N) is 1. The maximum Gasteiger partial charge on any atom is 0.0644 e. The fraction of sp³-hybridized carbons (Fsp3) is 0.684. The van der Waals surface area contributed by atoms with Crippen molar-refractivity contribution in [2.24, 2.45) is 0 Å². The number of hydrogen-bond donors (Lipinski definition) is 3. The molecule has 0 atom stereocenters. The monoisotopic (exact) mass is 320 g/mol. The summed E-state index contributed by atoms with van der Waals surface area (Å²) >= 11 is 0. The summed E-state index contributed by atoms with van der Waals surface area (Å²) in [5, 5.41) is 22.3. The SMILES string of the molecule is CC1(O)CCN(Cc2ccccc2)CC1.CC1(O)CCNCC1. The Labute approximate surface area is 140 Å². The predicted molar refractivity (Wildman–Crippen MR) is 94.3 cm³/mol. The van der Waals surface area contributed by atoms with Gasteiger partial charge >= 0.3 is 0 Å².